The van der Waals surface area contributed by atoms with E-state index in [1.54, 1.807) is 11.3 Å². The number of aryl methyl sites for hydroxylation is 1. The van der Waals surface area contributed by atoms with Crippen LogP contribution in [0, 0.1) is 12.8 Å². The normalized spacial score (nSPS) is 20.8. The average molecular weight is 310 g/mol. The lowest BCUT2D eigenvalue weighted by atomic mass is 9.93. The molecule has 0 spiro atoms. The molecular weight excluding hydrogens is 288 g/mol. The van der Waals surface area contributed by atoms with Crippen LogP contribution in [0.25, 0.3) is 0 Å². The Morgan fingerprint density at radius 1 is 1.24 bits per heavy atom. The van der Waals surface area contributed by atoms with Gasteiger partial charge in [0.05, 0.1) is 13.2 Å². The van der Waals surface area contributed by atoms with Gasteiger partial charge in [-0.05, 0) is 25.7 Å². The number of ether oxygens (including phenoxy) is 1. The third-order valence-corrected chi connectivity index (χ3v) is 5.13. The third-order valence-electron chi connectivity index (χ3n) is 4.23. The summed E-state index contributed by atoms with van der Waals surface area (Å²) in [7, 11) is 0. The number of carbonyl (C=O) groups excluding carboxylic acids is 1. The van der Waals surface area contributed by atoms with Crippen molar-refractivity contribution in [2.75, 3.05) is 44.3 Å². The van der Waals surface area contributed by atoms with Gasteiger partial charge in [0.15, 0.2) is 0 Å². The van der Waals surface area contributed by atoms with E-state index < -0.39 is 0 Å². The van der Waals surface area contributed by atoms with Crippen molar-refractivity contribution in [1.29, 1.82) is 0 Å². The molecule has 3 rings (SSSR count). The summed E-state index contributed by atoms with van der Waals surface area (Å²) in [6.45, 7) is 6.81. The van der Waals surface area contributed by atoms with Gasteiger partial charge >= 0.3 is 0 Å². The molecule has 1 aromatic rings. The van der Waals surface area contributed by atoms with Crippen molar-refractivity contribution in [1.82, 2.24) is 15.1 Å². The van der Waals surface area contributed by atoms with Gasteiger partial charge in [-0.1, -0.05) is 11.3 Å². The Hall–Kier alpha value is -1.21. The quantitative estimate of drug-likeness (QED) is 0.842. The molecule has 2 aliphatic heterocycles. The van der Waals surface area contributed by atoms with E-state index in [9.17, 15) is 4.79 Å². The molecular formula is C14H22N4O2S. The van der Waals surface area contributed by atoms with Crippen molar-refractivity contribution in [2.45, 2.75) is 26.2 Å². The summed E-state index contributed by atoms with van der Waals surface area (Å²) in [5.41, 5.74) is 0. The Bertz CT molecular complexity index is 479. The van der Waals surface area contributed by atoms with Gasteiger partial charge in [0.2, 0.25) is 11.0 Å². The third kappa shape index (κ3) is 3.71. The summed E-state index contributed by atoms with van der Waals surface area (Å²) in [6, 6.07) is 0. The highest BCUT2D eigenvalue weighted by atomic mass is 32.1. The maximum atomic E-state index is 12.3. The van der Waals surface area contributed by atoms with Crippen LogP contribution in [0.2, 0.25) is 0 Å². The Balaban J connectivity index is 1.46. The molecule has 1 aromatic heterocycles. The molecule has 0 radical (unpaired) electrons. The molecule has 2 saturated heterocycles. The van der Waals surface area contributed by atoms with Crippen LogP contribution in [0.5, 0.6) is 0 Å². The average Bonchev–Trinajstić information content (AvgIpc) is 2.95. The number of hydrogen-bond donors (Lipinski definition) is 0. The van der Waals surface area contributed by atoms with Gasteiger partial charge in [-0.2, -0.15) is 0 Å². The summed E-state index contributed by atoms with van der Waals surface area (Å²) >= 11 is 1.65. The highest BCUT2D eigenvalue weighted by Gasteiger charge is 2.25. The van der Waals surface area contributed by atoms with E-state index in [2.05, 4.69) is 15.1 Å². The maximum Gasteiger partial charge on any atom is 0.223 e. The van der Waals surface area contributed by atoms with E-state index in [4.69, 9.17) is 4.74 Å². The maximum absolute atomic E-state index is 12.3. The summed E-state index contributed by atoms with van der Waals surface area (Å²) in [5, 5.41) is 10.3. The number of carbonyl (C=O) groups is 1. The lowest BCUT2D eigenvalue weighted by molar-refractivity contribution is -0.136. The second-order valence-corrected chi connectivity index (χ2v) is 6.89. The molecule has 0 saturated carbocycles. The molecule has 116 valence electrons. The van der Waals surface area contributed by atoms with Crippen molar-refractivity contribution in [2.24, 2.45) is 5.92 Å². The lowest BCUT2D eigenvalue weighted by Gasteiger charge is -2.33. The summed E-state index contributed by atoms with van der Waals surface area (Å²) < 4.78 is 5.29. The van der Waals surface area contributed by atoms with Gasteiger partial charge in [-0.25, -0.2) is 0 Å². The fourth-order valence-corrected chi connectivity index (χ4v) is 3.67. The molecule has 21 heavy (non-hydrogen) atoms. The Labute approximate surface area is 129 Å². The zero-order valence-corrected chi connectivity index (χ0v) is 13.3. The van der Waals surface area contributed by atoms with E-state index in [1.165, 1.54) is 0 Å². The van der Waals surface area contributed by atoms with Crippen molar-refractivity contribution in [3.8, 4) is 0 Å². The molecule has 1 amide bonds. The number of hydrogen-bond acceptors (Lipinski definition) is 6. The largest absolute Gasteiger partial charge is 0.378 e. The van der Waals surface area contributed by atoms with Gasteiger partial charge in [0.25, 0.3) is 0 Å². The van der Waals surface area contributed by atoms with Gasteiger partial charge < -0.3 is 14.5 Å². The molecule has 2 aliphatic rings. The smallest absolute Gasteiger partial charge is 0.223 e. The first kappa shape index (κ1) is 14.7. The van der Waals surface area contributed by atoms with Crippen molar-refractivity contribution in [3.63, 3.8) is 0 Å². The van der Waals surface area contributed by atoms with Crippen LogP contribution in [0.3, 0.4) is 0 Å². The molecule has 3 heterocycles. The molecule has 0 atom stereocenters. The Morgan fingerprint density at radius 2 is 1.95 bits per heavy atom. The molecule has 6 nitrogen and oxygen atoms in total. The standard InChI is InChI=1S/C14H22N4O2S/c1-11-15-16-14(21-11)18-4-2-12(3-5-18)10-13(19)17-6-8-20-9-7-17/h12H,2-10H2,1H3. The van der Waals surface area contributed by atoms with Gasteiger partial charge in [0.1, 0.15) is 5.01 Å². The number of anilines is 1. The van der Waals surface area contributed by atoms with Crippen molar-refractivity contribution < 1.29 is 9.53 Å². The van der Waals surface area contributed by atoms with Crippen molar-refractivity contribution >= 4 is 22.4 Å². The minimum Gasteiger partial charge on any atom is -0.378 e. The van der Waals surface area contributed by atoms with Crippen LogP contribution < -0.4 is 4.90 Å². The van der Waals surface area contributed by atoms with Crippen LogP contribution >= 0.6 is 11.3 Å². The fraction of sp³-hybridized carbons (Fsp3) is 0.786. The monoisotopic (exact) mass is 310 g/mol. The minimum absolute atomic E-state index is 0.295. The van der Waals surface area contributed by atoms with E-state index in [-0.39, 0.29) is 0 Å². The van der Waals surface area contributed by atoms with Crippen LogP contribution in [-0.2, 0) is 9.53 Å². The zero-order chi connectivity index (χ0) is 14.7. The molecule has 0 N–H and O–H groups in total. The first-order valence-corrected chi connectivity index (χ1v) is 8.44. The summed E-state index contributed by atoms with van der Waals surface area (Å²) in [6.07, 6.45) is 2.81. The number of morpholine rings is 1. The summed E-state index contributed by atoms with van der Waals surface area (Å²) in [4.78, 5) is 16.5. The minimum atomic E-state index is 0.295. The second-order valence-electron chi connectivity index (χ2n) is 5.73. The predicted molar refractivity (Wildman–Crippen MR) is 81.6 cm³/mol. The van der Waals surface area contributed by atoms with Gasteiger partial charge in [0, 0.05) is 32.6 Å². The second kappa shape index (κ2) is 6.70. The number of aromatic nitrogens is 2. The molecule has 0 unspecified atom stereocenters. The molecule has 0 aromatic carbocycles. The van der Waals surface area contributed by atoms with E-state index in [0.717, 1.165) is 49.2 Å². The van der Waals surface area contributed by atoms with Crippen LogP contribution in [-0.4, -0.2) is 60.4 Å². The van der Waals surface area contributed by atoms with E-state index in [1.807, 2.05) is 11.8 Å². The Morgan fingerprint density at radius 3 is 2.57 bits per heavy atom. The zero-order valence-electron chi connectivity index (χ0n) is 12.5. The van der Waals surface area contributed by atoms with Gasteiger partial charge in [-0.3, -0.25) is 4.79 Å². The predicted octanol–water partition coefficient (Wildman–Crippen LogP) is 1.31. The highest BCUT2D eigenvalue weighted by molar-refractivity contribution is 7.15. The molecule has 0 aliphatic carbocycles. The Kier molecular flexibility index (Phi) is 4.70. The van der Waals surface area contributed by atoms with Crippen LogP contribution in [0.1, 0.15) is 24.3 Å². The molecule has 2 fully saturated rings. The van der Waals surface area contributed by atoms with Gasteiger partial charge in [-0.15, -0.1) is 10.2 Å². The number of nitrogens with zero attached hydrogens (tertiary/aromatic N) is 4. The SMILES string of the molecule is Cc1nnc(N2CCC(CC(=O)N3CCOCC3)CC2)s1. The molecule has 7 heteroatoms. The number of rotatable bonds is 3. The number of amides is 1. The fourth-order valence-electron chi connectivity index (χ4n) is 2.93. The van der Waals surface area contributed by atoms with E-state index in [0.29, 0.717) is 31.5 Å². The van der Waals surface area contributed by atoms with Crippen LogP contribution in [0.4, 0.5) is 5.13 Å². The van der Waals surface area contributed by atoms with Crippen molar-refractivity contribution in [3.05, 3.63) is 5.01 Å². The van der Waals surface area contributed by atoms with E-state index >= 15 is 0 Å². The first-order valence-electron chi connectivity index (χ1n) is 7.63. The topological polar surface area (TPSA) is 58.6 Å². The molecule has 0 bridgehead atoms. The lowest BCUT2D eigenvalue weighted by Crippen LogP contribution is -2.42. The summed E-state index contributed by atoms with van der Waals surface area (Å²) in [5.74, 6) is 0.800. The highest BCUT2D eigenvalue weighted by Crippen LogP contribution is 2.27. The first-order chi connectivity index (χ1) is 10.2. The number of piperidine rings is 1. The van der Waals surface area contributed by atoms with Crippen LogP contribution in [0.15, 0.2) is 0 Å².